The quantitative estimate of drug-likeness (QED) is 0.134. The lowest BCUT2D eigenvalue weighted by molar-refractivity contribution is -0.255. The predicted octanol–water partition coefficient (Wildman–Crippen LogP) is 3.48. The Balaban J connectivity index is 0.968. The summed E-state index contributed by atoms with van der Waals surface area (Å²) in [6.07, 6.45) is 7.22. The third-order valence-corrected chi connectivity index (χ3v) is 10.5. The summed E-state index contributed by atoms with van der Waals surface area (Å²) < 4.78 is 13.4. The average molecular weight is 740 g/mol. The van der Waals surface area contributed by atoms with E-state index in [1.165, 1.54) is 9.80 Å². The van der Waals surface area contributed by atoms with Crippen LogP contribution in [0.4, 0.5) is 5.69 Å². The number of anilines is 1. The molecule has 2 unspecified atom stereocenters. The molecule has 0 radical (unpaired) electrons. The molecular formula is C39H49N9O6. The molecule has 7 rings (SSSR count). The van der Waals surface area contributed by atoms with E-state index < -0.39 is 17.4 Å². The van der Waals surface area contributed by atoms with E-state index in [2.05, 4.69) is 37.5 Å². The highest BCUT2D eigenvalue weighted by Crippen LogP contribution is 2.35. The molecule has 0 saturated carbocycles. The zero-order chi connectivity index (χ0) is 38.0. The van der Waals surface area contributed by atoms with E-state index in [-0.39, 0.29) is 38.3 Å². The Bertz CT molecular complexity index is 2070. The summed E-state index contributed by atoms with van der Waals surface area (Å²) in [5.74, 6) is -1.95. The third-order valence-electron chi connectivity index (χ3n) is 10.5. The largest absolute Gasteiger partial charge is 0.478 e. The number of fused-ring (bicyclic) bond motifs is 1. The number of rotatable bonds is 12. The molecule has 1 fully saturated rings. The van der Waals surface area contributed by atoms with E-state index >= 15 is 0 Å². The van der Waals surface area contributed by atoms with Crippen molar-refractivity contribution < 1.29 is 29.6 Å². The van der Waals surface area contributed by atoms with Gasteiger partial charge in [-0.3, -0.25) is 14.6 Å². The van der Waals surface area contributed by atoms with Crippen molar-refractivity contribution in [2.24, 2.45) is 10.9 Å². The van der Waals surface area contributed by atoms with Crippen molar-refractivity contribution in [2.75, 3.05) is 51.8 Å². The SMILES string of the molecule is COC1(CNc2ccc3[nH]nc(C4=CN=C(OC(C)C)CC4C)c3c2)CCN(C(O)(O)C(=O)N2CC=C(c3ccc(-c4ncn(CCO)n4)cc3)CC2)C1. The number of carbonyl (C=O) groups excluding carboxylic acids is 1. The molecule has 15 heteroatoms. The van der Waals surface area contributed by atoms with E-state index in [0.717, 1.165) is 50.5 Å². The van der Waals surface area contributed by atoms with Crippen molar-refractivity contribution in [3.8, 4) is 11.4 Å². The maximum absolute atomic E-state index is 13.6. The number of hydrogen-bond donors (Lipinski definition) is 5. The van der Waals surface area contributed by atoms with Gasteiger partial charge in [0.1, 0.15) is 6.33 Å². The van der Waals surface area contributed by atoms with Crippen LogP contribution in [0.3, 0.4) is 0 Å². The van der Waals surface area contributed by atoms with Gasteiger partial charge >= 0.3 is 5.91 Å². The maximum Gasteiger partial charge on any atom is 0.309 e. The molecule has 15 nitrogen and oxygen atoms in total. The summed E-state index contributed by atoms with van der Waals surface area (Å²) in [4.78, 5) is 25.3. The minimum Gasteiger partial charge on any atom is -0.478 e. The van der Waals surface area contributed by atoms with E-state index in [4.69, 9.17) is 14.6 Å². The molecule has 0 aliphatic carbocycles. The number of hydrogen-bond acceptors (Lipinski definition) is 12. The first kappa shape index (κ1) is 37.4. The van der Waals surface area contributed by atoms with Crippen LogP contribution in [0.15, 0.2) is 66.1 Å². The zero-order valence-electron chi connectivity index (χ0n) is 31.2. The molecule has 4 aromatic rings. The summed E-state index contributed by atoms with van der Waals surface area (Å²) in [5.41, 5.74) is 5.84. The van der Waals surface area contributed by atoms with Gasteiger partial charge in [-0.2, -0.15) is 10.2 Å². The lowest BCUT2D eigenvalue weighted by Crippen LogP contribution is -2.60. The van der Waals surface area contributed by atoms with Crippen molar-refractivity contribution >= 4 is 39.5 Å². The van der Waals surface area contributed by atoms with Crippen LogP contribution in [-0.2, 0) is 20.8 Å². The van der Waals surface area contributed by atoms with E-state index in [1.807, 2.05) is 68.6 Å². The molecule has 1 amide bonds. The number of likely N-dealkylation sites (tertiary alicyclic amines) is 1. The topological polar surface area (TPSA) is 186 Å². The molecule has 5 N–H and O–H groups in total. The summed E-state index contributed by atoms with van der Waals surface area (Å²) in [5, 5.41) is 48.3. The number of aromatic amines is 1. The van der Waals surface area contributed by atoms with Gasteiger partial charge in [0.25, 0.3) is 5.91 Å². The monoisotopic (exact) mass is 739 g/mol. The van der Waals surface area contributed by atoms with Crippen LogP contribution in [-0.4, -0.2) is 126 Å². The Morgan fingerprint density at radius 3 is 2.65 bits per heavy atom. The molecule has 2 atom stereocenters. The number of ether oxygens (including phenoxy) is 2. The normalized spacial score (nSPS) is 21.0. The lowest BCUT2D eigenvalue weighted by Gasteiger charge is -2.37. The van der Waals surface area contributed by atoms with Crippen molar-refractivity contribution in [3.63, 3.8) is 0 Å². The van der Waals surface area contributed by atoms with Crippen LogP contribution in [0, 0.1) is 5.92 Å². The molecule has 286 valence electrons. The van der Waals surface area contributed by atoms with Gasteiger partial charge in [0.2, 0.25) is 0 Å². The zero-order valence-corrected chi connectivity index (χ0v) is 31.2. The van der Waals surface area contributed by atoms with Crippen LogP contribution in [0.5, 0.6) is 0 Å². The van der Waals surface area contributed by atoms with E-state index in [9.17, 15) is 15.0 Å². The predicted molar refractivity (Wildman–Crippen MR) is 205 cm³/mol. The number of carbonyl (C=O) groups is 1. The van der Waals surface area contributed by atoms with Crippen molar-refractivity contribution in [2.45, 2.75) is 64.2 Å². The number of H-pyrrole nitrogens is 1. The Labute approximate surface area is 314 Å². The van der Waals surface area contributed by atoms with Crippen LogP contribution in [0.2, 0.25) is 0 Å². The molecule has 3 aliphatic rings. The molecule has 3 aliphatic heterocycles. The number of aromatic nitrogens is 5. The number of aliphatic imine (C=N–C) groups is 1. The summed E-state index contributed by atoms with van der Waals surface area (Å²) >= 11 is 0. The molecule has 1 saturated heterocycles. The van der Waals surface area contributed by atoms with Gasteiger partial charge in [-0.25, -0.2) is 14.9 Å². The highest BCUT2D eigenvalue weighted by molar-refractivity contribution is 5.95. The van der Waals surface area contributed by atoms with Crippen molar-refractivity contribution in [3.05, 3.63) is 72.3 Å². The van der Waals surface area contributed by atoms with Gasteiger partial charge in [-0.15, -0.1) is 0 Å². The van der Waals surface area contributed by atoms with Crippen molar-refractivity contribution in [1.29, 1.82) is 0 Å². The number of nitrogens with one attached hydrogen (secondary N) is 2. The molecular weight excluding hydrogens is 690 g/mol. The fourth-order valence-corrected chi connectivity index (χ4v) is 7.37. The van der Waals surface area contributed by atoms with Crippen LogP contribution >= 0.6 is 0 Å². The second-order valence-electron chi connectivity index (χ2n) is 14.6. The summed E-state index contributed by atoms with van der Waals surface area (Å²) in [7, 11) is 1.61. The molecule has 5 heterocycles. The van der Waals surface area contributed by atoms with Crippen LogP contribution in [0.1, 0.15) is 51.3 Å². The highest BCUT2D eigenvalue weighted by atomic mass is 16.5. The van der Waals surface area contributed by atoms with Gasteiger partial charge in [0.15, 0.2) is 11.7 Å². The molecule has 2 aromatic heterocycles. The summed E-state index contributed by atoms with van der Waals surface area (Å²) in [6, 6.07) is 13.9. The fraction of sp³-hybridized carbons (Fsp3) is 0.462. The number of allylic oxidation sites excluding steroid dienone is 1. The molecule has 0 spiro atoms. The molecule has 0 bridgehead atoms. The fourth-order valence-electron chi connectivity index (χ4n) is 7.37. The lowest BCUT2D eigenvalue weighted by atomic mass is 9.92. The Kier molecular flexibility index (Phi) is 10.7. The molecule has 2 aromatic carbocycles. The number of aliphatic hydroxyl groups is 3. The van der Waals surface area contributed by atoms with Crippen LogP contribution in [0.25, 0.3) is 33.4 Å². The Morgan fingerprint density at radius 2 is 1.94 bits per heavy atom. The minimum atomic E-state index is -2.68. The number of aliphatic hydroxyl groups excluding tert-OH is 1. The second-order valence-corrected chi connectivity index (χ2v) is 14.6. The van der Waals surface area contributed by atoms with Gasteiger partial charge in [0, 0.05) is 74.7 Å². The van der Waals surface area contributed by atoms with E-state index in [1.54, 1.807) is 18.1 Å². The first-order valence-electron chi connectivity index (χ1n) is 18.5. The smallest absolute Gasteiger partial charge is 0.309 e. The van der Waals surface area contributed by atoms with E-state index in [0.29, 0.717) is 44.7 Å². The number of methoxy groups -OCH3 is 1. The number of benzene rings is 2. The standard InChI is InChI=1S/C39H49N9O6/c1-25(2)54-34-19-26(3)32(21-40-34)35-31-20-30(9-10-33(31)43-44-35)41-22-38(53-4)13-16-47(23-38)39(51,52)37(50)46-14-11-28(12-15-46)27-5-7-29(8-6-27)36-42-24-48(45-36)17-18-49/h5-11,20-21,24-26,41,49,51-52H,12-19,22-23H2,1-4H3,(H,43,44). The number of nitrogens with zero attached hydrogens (tertiary/aromatic N) is 7. The minimum absolute atomic E-state index is 0.00874. The van der Waals surface area contributed by atoms with Gasteiger partial charge in [0.05, 0.1) is 36.1 Å². The maximum atomic E-state index is 13.6. The average Bonchev–Trinajstić information content (AvgIpc) is 3.94. The Hall–Kier alpha value is -4.93. The molecule has 54 heavy (non-hydrogen) atoms. The highest BCUT2D eigenvalue weighted by Gasteiger charge is 2.51. The first-order chi connectivity index (χ1) is 26.0. The Morgan fingerprint density at radius 1 is 1.15 bits per heavy atom. The van der Waals surface area contributed by atoms with Crippen molar-refractivity contribution in [1.82, 2.24) is 34.8 Å². The van der Waals surface area contributed by atoms with Gasteiger partial charge in [-0.05, 0) is 61.9 Å². The second kappa shape index (κ2) is 15.4. The number of amides is 1. The third kappa shape index (κ3) is 7.68. The summed E-state index contributed by atoms with van der Waals surface area (Å²) in [6.45, 7) is 7.91. The van der Waals surface area contributed by atoms with Gasteiger partial charge in [-0.1, -0.05) is 37.3 Å². The first-order valence-corrected chi connectivity index (χ1v) is 18.5. The van der Waals surface area contributed by atoms with Gasteiger partial charge < -0.3 is 35.0 Å². The van der Waals surface area contributed by atoms with Crippen LogP contribution < -0.4 is 5.32 Å².